The maximum atomic E-state index is 12.5. The summed E-state index contributed by atoms with van der Waals surface area (Å²) in [5.41, 5.74) is 0. The maximum absolute atomic E-state index is 12.5. The molecule has 2 aromatic rings. The minimum atomic E-state index is -4.47. The average Bonchev–Trinajstić information content (AvgIpc) is 2.90. The predicted octanol–water partition coefficient (Wildman–Crippen LogP) is 1.07. The smallest absolute Gasteiger partial charge is 0.395 e. The molecule has 0 bridgehead atoms. The van der Waals surface area contributed by atoms with Gasteiger partial charge in [-0.1, -0.05) is 0 Å². The molecule has 21 heavy (non-hydrogen) atoms. The summed E-state index contributed by atoms with van der Waals surface area (Å²) in [5, 5.41) is 8.63. The van der Waals surface area contributed by atoms with Crippen molar-refractivity contribution in [2.24, 2.45) is 0 Å². The van der Waals surface area contributed by atoms with Gasteiger partial charge in [0.25, 0.3) is 0 Å². The first-order valence-corrected chi connectivity index (χ1v) is 6.09. The van der Waals surface area contributed by atoms with Gasteiger partial charge in [-0.3, -0.25) is 4.57 Å². The Hall–Kier alpha value is -1.94. The molecule has 0 aliphatic rings. The highest BCUT2D eigenvalue weighted by atomic mass is 35.5. The molecule has 0 amide bonds. The molecule has 7 nitrogen and oxygen atoms in total. The van der Waals surface area contributed by atoms with Gasteiger partial charge in [0, 0.05) is 18.9 Å². The lowest BCUT2D eigenvalue weighted by atomic mass is 10.5. The van der Waals surface area contributed by atoms with E-state index >= 15 is 0 Å². The van der Waals surface area contributed by atoms with Crippen molar-refractivity contribution in [3.05, 3.63) is 24.0 Å². The van der Waals surface area contributed by atoms with Crippen LogP contribution in [0.4, 0.5) is 19.1 Å². The topological polar surface area (TPSA) is 80.0 Å². The van der Waals surface area contributed by atoms with Crippen LogP contribution in [0, 0.1) is 0 Å². The highest BCUT2D eigenvalue weighted by molar-refractivity contribution is 6.28. The average molecular weight is 323 g/mol. The highest BCUT2D eigenvalue weighted by Gasteiger charge is 2.32. The summed E-state index contributed by atoms with van der Waals surface area (Å²) in [5.74, 6) is -0.238. The van der Waals surface area contributed by atoms with Gasteiger partial charge in [0.05, 0.1) is 6.61 Å². The van der Waals surface area contributed by atoms with Crippen LogP contribution in [0.2, 0.25) is 5.28 Å². The third-order valence-electron chi connectivity index (χ3n) is 2.34. The molecule has 11 heteroatoms. The molecule has 0 saturated carbocycles. The maximum Gasteiger partial charge on any atom is 0.406 e. The summed E-state index contributed by atoms with van der Waals surface area (Å²) in [6.07, 6.45) is -0.132. The zero-order valence-corrected chi connectivity index (χ0v) is 11.3. The zero-order chi connectivity index (χ0) is 15.5. The van der Waals surface area contributed by atoms with E-state index in [0.29, 0.717) is 0 Å². The van der Waals surface area contributed by atoms with E-state index < -0.39 is 19.3 Å². The normalized spacial score (nSPS) is 11.7. The van der Waals surface area contributed by atoms with Crippen molar-refractivity contribution < 1.29 is 18.3 Å². The largest absolute Gasteiger partial charge is 0.406 e. The summed E-state index contributed by atoms with van der Waals surface area (Å²) < 4.78 is 39.0. The van der Waals surface area contributed by atoms with Crippen LogP contribution >= 0.6 is 11.6 Å². The second-order valence-electron chi connectivity index (χ2n) is 3.93. The molecule has 0 fully saturated rings. The van der Waals surface area contributed by atoms with Crippen LogP contribution in [0.3, 0.4) is 0 Å². The number of aromatic nitrogens is 5. The molecular formula is C10H10ClF3N6O. The van der Waals surface area contributed by atoms with Crippen LogP contribution < -0.4 is 4.90 Å². The fourth-order valence-electron chi connectivity index (χ4n) is 1.55. The molecule has 114 valence electrons. The Balaban J connectivity index is 2.36. The molecule has 2 heterocycles. The van der Waals surface area contributed by atoms with Gasteiger partial charge in [-0.05, 0) is 11.6 Å². The number of hydrogen-bond acceptors (Lipinski definition) is 6. The molecule has 0 unspecified atom stereocenters. The van der Waals surface area contributed by atoms with E-state index in [0.717, 1.165) is 4.90 Å². The van der Waals surface area contributed by atoms with Crippen molar-refractivity contribution in [2.45, 2.75) is 6.18 Å². The molecule has 0 aliphatic heterocycles. The van der Waals surface area contributed by atoms with Gasteiger partial charge in [-0.2, -0.15) is 28.1 Å². The van der Waals surface area contributed by atoms with Gasteiger partial charge in [-0.15, -0.1) is 0 Å². The molecule has 0 aliphatic carbocycles. The summed E-state index contributed by atoms with van der Waals surface area (Å²) in [4.78, 5) is 15.9. The summed E-state index contributed by atoms with van der Waals surface area (Å²) in [6, 6.07) is 0. The van der Waals surface area contributed by atoms with E-state index in [9.17, 15) is 13.2 Å². The van der Waals surface area contributed by atoms with Crippen LogP contribution in [-0.4, -0.2) is 55.5 Å². The number of anilines is 1. The molecule has 2 aromatic heterocycles. The van der Waals surface area contributed by atoms with Crippen LogP contribution in [0.15, 0.2) is 18.7 Å². The quantitative estimate of drug-likeness (QED) is 0.887. The molecule has 0 radical (unpaired) electrons. The molecular weight excluding hydrogens is 313 g/mol. The van der Waals surface area contributed by atoms with E-state index in [1.54, 1.807) is 0 Å². The highest BCUT2D eigenvalue weighted by Crippen LogP contribution is 2.20. The molecule has 0 saturated heterocycles. The van der Waals surface area contributed by atoms with Gasteiger partial charge >= 0.3 is 6.18 Å². The van der Waals surface area contributed by atoms with Gasteiger partial charge in [0.1, 0.15) is 12.9 Å². The Labute approximate surface area is 122 Å². The fourth-order valence-corrected chi connectivity index (χ4v) is 1.70. The summed E-state index contributed by atoms with van der Waals surface area (Å²) >= 11 is 5.72. The van der Waals surface area contributed by atoms with Crippen LogP contribution in [-0.2, 0) is 0 Å². The SMILES string of the molecule is OCCN(CC(F)(F)F)c1nc(Cl)nc(-n2ccnc2)n1. The van der Waals surface area contributed by atoms with Gasteiger partial charge in [0.2, 0.25) is 17.2 Å². The van der Waals surface area contributed by atoms with E-state index in [1.807, 2.05) is 0 Å². The lowest BCUT2D eigenvalue weighted by molar-refractivity contribution is -0.120. The van der Waals surface area contributed by atoms with E-state index in [4.69, 9.17) is 16.7 Å². The molecule has 0 atom stereocenters. The first-order valence-electron chi connectivity index (χ1n) is 5.71. The first-order chi connectivity index (χ1) is 9.89. The fraction of sp³-hybridized carbons (Fsp3) is 0.400. The third-order valence-corrected chi connectivity index (χ3v) is 2.51. The number of hydrogen-bond donors (Lipinski definition) is 1. The number of halogens is 4. The standard InChI is InChI=1S/C10H10ClF3N6O/c11-7-16-8(19(3-4-21)5-10(12,13)14)18-9(17-7)20-2-1-15-6-20/h1-2,6,21H,3-5H2. The number of imidazole rings is 1. The van der Waals surface area contributed by atoms with Gasteiger partial charge in [0.15, 0.2) is 0 Å². The zero-order valence-electron chi connectivity index (χ0n) is 10.5. The van der Waals surface area contributed by atoms with Crippen molar-refractivity contribution >= 4 is 17.5 Å². The number of aliphatic hydroxyl groups excluding tert-OH is 1. The van der Waals surface area contributed by atoms with Crippen LogP contribution in [0.1, 0.15) is 0 Å². The van der Waals surface area contributed by atoms with E-state index in [2.05, 4.69) is 19.9 Å². The first kappa shape index (κ1) is 15.4. The Bertz CT molecular complexity index is 591. The molecule has 0 aromatic carbocycles. The molecule has 0 spiro atoms. The minimum Gasteiger partial charge on any atom is -0.395 e. The van der Waals surface area contributed by atoms with Crippen LogP contribution in [0.25, 0.3) is 5.95 Å². The monoisotopic (exact) mass is 322 g/mol. The number of aliphatic hydroxyl groups is 1. The second-order valence-corrected chi connectivity index (χ2v) is 4.27. The van der Waals surface area contributed by atoms with E-state index in [-0.39, 0.29) is 23.7 Å². The lowest BCUT2D eigenvalue weighted by Crippen LogP contribution is -2.37. The third kappa shape index (κ3) is 4.26. The van der Waals surface area contributed by atoms with Crippen molar-refractivity contribution in [3.8, 4) is 5.95 Å². The number of alkyl halides is 3. The Morgan fingerprint density at radius 2 is 2.05 bits per heavy atom. The second kappa shape index (κ2) is 6.22. The lowest BCUT2D eigenvalue weighted by Gasteiger charge is -2.23. The van der Waals surface area contributed by atoms with Crippen molar-refractivity contribution in [2.75, 3.05) is 24.6 Å². The van der Waals surface area contributed by atoms with Crippen LogP contribution in [0.5, 0.6) is 0 Å². The Morgan fingerprint density at radius 3 is 2.62 bits per heavy atom. The molecule has 2 rings (SSSR count). The summed E-state index contributed by atoms with van der Waals surface area (Å²) in [6.45, 7) is -2.08. The Morgan fingerprint density at radius 1 is 1.29 bits per heavy atom. The van der Waals surface area contributed by atoms with Gasteiger partial charge in [-0.25, -0.2) is 4.98 Å². The summed E-state index contributed by atoms with van der Waals surface area (Å²) in [7, 11) is 0. The van der Waals surface area contributed by atoms with Crippen molar-refractivity contribution in [1.82, 2.24) is 24.5 Å². The number of nitrogens with zero attached hydrogens (tertiary/aromatic N) is 6. The van der Waals surface area contributed by atoms with Crippen molar-refractivity contribution in [1.29, 1.82) is 0 Å². The number of rotatable bonds is 5. The predicted molar refractivity (Wildman–Crippen MR) is 67.3 cm³/mol. The minimum absolute atomic E-state index is 0.0348. The Kier molecular flexibility index (Phi) is 4.58. The molecule has 1 N–H and O–H groups in total. The van der Waals surface area contributed by atoms with Gasteiger partial charge < -0.3 is 10.0 Å². The van der Waals surface area contributed by atoms with E-state index in [1.165, 1.54) is 23.3 Å². The van der Waals surface area contributed by atoms with Crippen molar-refractivity contribution in [3.63, 3.8) is 0 Å².